The highest BCUT2D eigenvalue weighted by molar-refractivity contribution is 7.12. The van der Waals surface area contributed by atoms with Gasteiger partial charge >= 0.3 is 0 Å². The van der Waals surface area contributed by atoms with Crippen LogP contribution < -0.4 is 0 Å². The van der Waals surface area contributed by atoms with Crippen molar-refractivity contribution in [3.63, 3.8) is 0 Å². The van der Waals surface area contributed by atoms with Crippen LogP contribution in [0.1, 0.15) is 29.9 Å². The first-order chi connectivity index (χ1) is 7.31. The molecule has 4 heteroatoms. The molecule has 0 spiro atoms. The summed E-state index contributed by atoms with van der Waals surface area (Å²) in [6.45, 7) is 5.89. The molecule has 0 aliphatic heterocycles. The van der Waals surface area contributed by atoms with E-state index in [1.165, 1.54) is 4.88 Å². The molecule has 0 saturated carbocycles. The fourth-order valence-corrected chi connectivity index (χ4v) is 2.24. The molecule has 1 rings (SSSR count). The minimum absolute atomic E-state index is 0.226. The van der Waals surface area contributed by atoms with Gasteiger partial charge in [-0.1, -0.05) is 0 Å². The molecular weight excluding hydrogens is 212 g/mol. The van der Waals surface area contributed by atoms with Crippen LogP contribution in [0.2, 0.25) is 0 Å². The summed E-state index contributed by atoms with van der Waals surface area (Å²) < 4.78 is 16.1. The zero-order valence-electron chi connectivity index (χ0n) is 9.49. The summed E-state index contributed by atoms with van der Waals surface area (Å²) in [6, 6.07) is 4.09. The van der Waals surface area contributed by atoms with Crippen LogP contribution in [0.15, 0.2) is 12.1 Å². The summed E-state index contributed by atoms with van der Waals surface area (Å²) in [5, 5.41) is 0. The molecule has 0 unspecified atom stereocenters. The van der Waals surface area contributed by atoms with Gasteiger partial charge in [-0.3, -0.25) is 0 Å². The maximum Gasteiger partial charge on any atom is 0.193 e. The normalized spacial score (nSPS) is 11.2. The van der Waals surface area contributed by atoms with E-state index >= 15 is 0 Å². The molecule has 1 aromatic rings. The van der Waals surface area contributed by atoms with Crippen LogP contribution in [0.5, 0.6) is 0 Å². The van der Waals surface area contributed by atoms with E-state index in [9.17, 15) is 0 Å². The molecule has 1 aromatic heterocycles. The Morgan fingerprint density at radius 3 is 2.40 bits per heavy atom. The molecule has 0 amide bonds. The van der Waals surface area contributed by atoms with Crippen molar-refractivity contribution in [3.05, 3.63) is 21.9 Å². The zero-order valence-corrected chi connectivity index (χ0v) is 10.3. The second-order valence-corrected chi connectivity index (χ2v) is 4.18. The molecule has 0 bridgehead atoms. The van der Waals surface area contributed by atoms with Crippen molar-refractivity contribution >= 4 is 11.3 Å². The average Bonchev–Trinajstić information content (AvgIpc) is 2.67. The van der Waals surface area contributed by atoms with Crippen LogP contribution in [0.3, 0.4) is 0 Å². The van der Waals surface area contributed by atoms with E-state index in [1.807, 2.05) is 19.9 Å². The highest BCUT2D eigenvalue weighted by atomic mass is 32.1. The Labute approximate surface area is 95.0 Å². The van der Waals surface area contributed by atoms with Gasteiger partial charge in [-0.15, -0.1) is 11.3 Å². The highest BCUT2D eigenvalue weighted by Crippen LogP contribution is 2.27. The van der Waals surface area contributed by atoms with Gasteiger partial charge in [0.05, 0.1) is 11.5 Å². The minimum Gasteiger partial charge on any atom is -0.379 e. The van der Waals surface area contributed by atoms with E-state index in [2.05, 4.69) is 6.07 Å². The molecule has 0 fully saturated rings. The maximum atomic E-state index is 5.51. The molecule has 0 N–H and O–H groups in total. The number of ether oxygens (including phenoxy) is 3. The molecule has 1 heterocycles. The zero-order chi connectivity index (χ0) is 11.1. The first kappa shape index (κ1) is 12.6. The minimum atomic E-state index is -0.226. The monoisotopic (exact) mass is 230 g/mol. The lowest BCUT2D eigenvalue weighted by atomic mass is 10.4. The Hall–Kier alpha value is -0.420. The Balaban J connectivity index is 2.63. The van der Waals surface area contributed by atoms with Gasteiger partial charge in [0.1, 0.15) is 0 Å². The van der Waals surface area contributed by atoms with E-state index in [0.29, 0.717) is 19.8 Å². The Morgan fingerprint density at radius 1 is 1.20 bits per heavy atom. The summed E-state index contributed by atoms with van der Waals surface area (Å²) in [4.78, 5) is 2.29. The van der Waals surface area contributed by atoms with Gasteiger partial charge in [-0.25, -0.2) is 0 Å². The second kappa shape index (κ2) is 6.95. The van der Waals surface area contributed by atoms with Crippen molar-refractivity contribution in [2.45, 2.75) is 26.7 Å². The van der Waals surface area contributed by atoms with Crippen molar-refractivity contribution in [2.24, 2.45) is 0 Å². The van der Waals surface area contributed by atoms with E-state index in [-0.39, 0.29) is 6.29 Å². The average molecular weight is 230 g/mol. The molecule has 0 radical (unpaired) electrons. The van der Waals surface area contributed by atoms with Gasteiger partial charge in [0, 0.05) is 25.2 Å². The number of hydrogen-bond donors (Lipinski definition) is 0. The molecule has 0 aliphatic rings. The van der Waals surface area contributed by atoms with Gasteiger partial charge in [0.25, 0.3) is 0 Å². The molecule has 0 aromatic carbocycles. The summed E-state index contributed by atoms with van der Waals surface area (Å²) in [5.74, 6) is 0. The number of rotatable bonds is 7. The standard InChI is InChI=1S/C11H18O3S/c1-4-13-11(14-5-2)10-7-6-9(15-10)8-12-3/h6-7,11H,4-5,8H2,1-3H3. The second-order valence-electron chi connectivity index (χ2n) is 2.98. The molecular formula is C11H18O3S. The third-order valence-electron chi connectivity index (χ3n) is 1.84. The number of methoxy groups -OCH3 is 1. The summed E-state index contributed by atoms with van der Waals surface area (Å²) in [5.41, 5.74) is 0. The van der Waals surface area contributed by atoms with Crippen molar-refractivity contribution in [2.75, 3.05) is 20.3 Å². The van der Waals surface area contributed by atoms with Crippen LogP contribution in [-0.4, -0.2) is 20.3 Å². The lowest BCUT2D eigenvalue weighted by Gasteiger charge is -2.14. The van der Waals surface area contributed by atoms with Gasteiger partial charge in [0.15, 0.2) is 6.29 Å². The fraction of sp³-hybridized carbons (Fsp3) is 0.636. The smallest absolute Gasteiger partial charge is 0.193 e. The summed E-state index contributed by atoms with van der Waals surface area (Å²) in [7, 11) is 1.70. The SMILES string of the molecule is CCOC(OCC)c1ccc(COC)s1. The molecule has 86 valence electrons. The van der Waals surface area contributed by atoms with E-state index < -0.39 is 0 Å². The first-order valence-electron chi connectivity index (χ1n) is 5.12. The van der Waals surface area contributed by atoms with Gasteiger partial charge in [-0.2, -0.15) is 0 Å². The predicted molar refractivity (Wildman–Crippen MR) is 61.0 cm³/mol. The molecule has 0 saturated heterocycles. The van der Waals surface area contributed by atoms with E-state index in [1.54, 1.807) is 18.4 Å². The molecule has 0 atom stereocenters. The molecule has 3 nitrogen and oxygen atoms in total. The van der Waals surface area contributed by atoms with Crippen LogP contribution in [0, 0.1) is 0 Å². The number of thiophene rings is 1. The van der Waals surface area contributed by atoms with Crippen molar-refractivity contribution < 1.29 is 14.2 Å². The quantitative estimate of drug-likeness (QED) is 0.674. The lowest BCUT2D eigenvalue weighted by molar-refractivity contribution is -0.138. The highest BCUT2D eigenvalue weighted by Gasteiger charge is 2.13. The van der Waals surface area contributed by atoms with Crippen LogP contribution in [0.4, 0.5) is 0 Å². The topological polar surface area (TPSA) is 27.7 Å². The van der Waals surface area contributed by atoms with Crippen molar-refractivity contribution in [3.8, 4) is 0 Å². The Morgan fingerprint density at radius 2 is 1.87 bits per heavy atom. The van der Waals surface area contributed by atoms with E-state index in [4.69, 9.17) is 14.2 Å². The first-order valence-corrected chi connectivity index (χ1v) is 5.94. The van der Waals surface area contributed by atoms with Gasteiger partial charge in [0.2, 0.25) is 0 Å². The summed E-state index contributed by atoms with van der Waals surface area (Å²) in [6.07, 6.45) is -0.226. The molecule has 15 heavy (non-hydrogen) atoms. The lowest BCUT2D eigenvalue weighted by Crippen LogP contribution is -2.06. The number of hydrogen-bond acceptors (Lipinski definition) is 4. The molecule has 0 aliphatic carbocycles. The largest absolute Gasteiger partial charge is 0.379 e. The Bertz CT molecular complexity index is 267. The van der Waals surface area contributed by atoms with Crippen LogP contribution >= 0.6 is 11.3 Å². The third kappa shape index (κ3) is 3.91. The van der Waals surface area contributed by atoms with Crippen molar-refractivity contribution in [1.29, 1.82) is 0 Å². The van der Waals surface area contributed by atoms with E-state index in [0.717, 1.165) is 4.88 Å². The third-order valence-corrected chi connectivity index (χ3v) is 2.92. The van der Waals surface area contributed by atoms with Crippen LogP contribution in [-0.2, 0) is 20.8 Å². The fourth-order valence-electron chi connectivity index (χ4n) is 1.26. The Kier molecular flexibility index (Phi) is 5.86. The predicted octanol–water partition coefficient (Wildman–Crippen LogP) is 2.97. The van der Waals surface area contributed by atoms with Crippen LogP contribution in [0.25, 0.3) is 0 Å². The maximum absolute atomic E-state index is 5.51. The van der Waals surface area contributed by atoms with Gasteiger partial charge in [-0.05, 0) is 26.0 Å². The summed E-state index contributed by atoms with van der Waals surface area (Å²) >= 11 is 1.67. The van der Waals surface area contributed by atoms with Gasteiger partial charge < -0.3 is 14.2 Å². The van der Waals surface area contributed by atoms with Crippen molar-refractivity contribution in [1.82, 2.24) is 0 Å².